The fraction of sp³-hybridized carbons (Fsp3) is 0.562. The normalized spacial score (nSPS) is 25.6. The zero-order valence-electron chi connectivity index (χ0n) is 12.3. The first-order valence-electron chi connectivity index (χ1n) is 7.40. The van der Waals surface area contributed by atoms with E-state index in [2.05, 4.69) is 29.2 Å². The van der Waals surface area contributed by atoms with Crippen LogP contribution < -0.4 is 0 Å². The van der Waals surface area contributed by atoms with Crippen LogP contribution in [0.5, 0.6) is 0 Å². The van der Waals surface area contributed by atoms with Crippen molar-refractivity contribution in [2.24, 2.45) is 0 Å². The number of carbonyl (C=O) groups excluding carboxylic acids is 1. The molecule has 0 amide bonds. The number of hydrogen-bond donors (Lipinski definition) is 0. The highest BCUT2D eigenvalue weighted by Gasteiger charge is 2.28. The Morgan fingerprint density at radius 3 is 3.14 bits per heavy atom. The van der Waals surface area contributed by atoms with Crippen molar-refractivity contribution in [3.63, 3.8) is 0 Å². The Balaban J connectivity index is 1.51. The number of methoxy groups -OCH3 is 1. The van der Waals surface area contributed by atoms with E-state index in [1.54, 1.807) is 0 Å². The lowest BCUT2D eigenvalue weighted by molar-refractivity contribution is -0.145. The summed E-state index contributed by atoms with van der Waals surface area (Å²) in [5.41, 5.74) is 1.46. The van der Waals surface area contributed by atoms with E-state index < -0.39 is 0 Å². The van der Waals surface area contributed by atoms with Gasteiger partial charge in [-0.05, 0) is 18.1 Å². The summed E-state index contributed by atoms with van der Waals surface area (Å²) < 4.78 is 10.4. The Kier molecular flexibility index (Phi) is 4.83. The van der Waals surface area contributed by atoms with Gasteiger partial charge in [-0.3, -0.25) is 9.69 Å². The third kappa shape index (κ3) is 3.78. The highest BCUT2D eigenvalue weighted by molar-refractivity contribution is 8.00. The Hall–Kier alpha value is -1.04. The minimum Gasteiger partial charge on any atom is -0.469 e. The monoisotopic (exact) mass is 307 g/mol. The molecule has 0 bridgehead atoms. The third-order valence-corrected chi connectivity index (χ3v) is 5.32. The van der Waals surface area contributed by atoms with Gasteiger partial charge in [0.15, 0.2) is 0 Å². The first-order chi connectivity index (χ1) is 10.2. The number of fused-ring (bicyclic) bond motifs is 1. The largest absolute Gasteiger partial charge is 0.469 e. The molecule has 0 aromatic heterocycles. The van der Waals surface area contributed by atoms with Crippen molar-refractivity contribution in [2.75, 3.05) is 33.4 Å². The maximum absolute atomic E-state index is 11.4. The summed E-state index contributed by atoms with van der Waals surface area (Å²) in [7, 11) is 1.43. The topological polar surface area (TPSA) is 38.8 Å². The summed E-state index contributed by atoms with van der Waals surface area (Å²) in [6, 6.07) is 8.65. The molecule has 2 unspecified atom stereocenters. The second-order valence-corrected chi connectivity index (χ2v) is 6.93. The predicted molar refractivity (Wildman–Crippen MR) is 82.6 cm³/mol. The second kappa shape index (κ2) is 6.81. The molecule has 1 aromatic carbocycles. The number of ether oxygens (including phenoxy) is 2. The predicted octanol–water partition coefficient (Wildman–Crippen LogP) is 1.97. The number of esters is 1. The molecule has 5 heteroatoms. The van der Waals surface area contributed by atoms with E-state index in [4.69, 9.17) is 9.47 Å². The van der Waals surface area contributed by atoms with E-state index in [1.807, 2.05) is 11.8 Å². The molecule has 4 nitrogen and oxygen atoms in total. The minimum absolute atomic E-state index is 0.0278. The lowest BCUT2D eigenvalue weighted by Gasteiger charge is -2.33. The van der Waals surface area contributed by atoms with Crippen LogP contribution in [0.2, 0.25) is 0 Å². The molecule has 3 rings (SSSR count). The standard InChI is InChI=1S/C16H21NO3S/c1-19-16(18)9-13-10-17(6-7-20-13)11-14-8-12-4-2-3-5-15(12)21-14/h2-5,13-14H,6-11H2,1H3. The summed E-state index contributed by atoms with van der Waals surface area (Å²) in [5.74, 6) is -0.190. The van der Waals surface area contributed by atoms with Gasteiger partial charge in [-0.15, -0.1) is 11.8 Å². The summed E-state index contributed by atoms with van der Waals surface area (Å²) in [6.45, 7) is 3.53. The summed E-state index contributed by atoms with van der Waals surface area (Å²) in [5, 5.41) is 0.610. The molecule has 0 aliphatic carbocycles. The van der Waals surface area contributed by atoms with Gasteiger partial charge in [-0.25, -0.2) is 0 Å². The molecule has 2 heterocycles. The Bertz CT molecular complexity index is 483. The van der Waals surface area contributed by atoms with Crippen LogP contribution in [0.25, 0.3) is 0 Å². The average Bonchev–Trinajstić information content (AvgIpc) is 2.89. The van der Waals surface area contributed by atoms with Gasteiger partial charge in [0.2, 0.25) is 0 Å². The molecule has 21 heavy (non-hydrogen) atoms. The zero-order chi connectivity index (χ0) is 14.7. The van der Waals surface area contributed by atoms with E-state index in [1.165, 1.54) is 17.6 Å². The van der Waals surface area contributed by atoms with E-state index in [0.29, 0.717) is 18.3 Å². The van der Waals surface area contributed by atoms with Crippen LogP contribution in [0.1, 0.15) is 12.0 Å². The van der Waals surface area contributed by atoms with Gasteiger partial charge in [0.05, 0.1) is 26.2 Å². The van der Waals surface area contributed by atoms with Gasteiger partial charge in [0.1, 0.15) is 0 Å². The number of thioether (sulfide) groups is 1. The van der Waals surface area contributed by atoms with Gasteiger partial charge in [-0.1, -0.05) is 18.2 Å². The van der Waals surface area contributed by atoms with E-state index in [9.17, 15) is 4.79 Å². The van der Waals surface area contributed by atoms with Crippen LogP contribution in [0.15, 0.2) is 29.2 Å². The van der Waals surface area contributed by atoms with E-state index >= 15 is 0 Å². The van der Waals surface area contributed by atoms with Crippen LogP contribution in [0, 0.1) is 0 Å². The van der Waals surface area contributed by atoms with Crippen molar-refractivity contribution in [3.8, 4) is 0 Å². The molecule has 1 aromatic rings. The fourth-order valence-electron chi connectivity index (χ4n) is 2.98. The van der Waals surface area contributed by atoms with E-state index in [-0.39, 0.29) is 12.1 Å². The smallest absolute Gasteiger partial charge is 0.308 e. The van der Waals surface area contributed by atoms with Gasteiger partial charge >= 0.3 is 5.97 Å². The molecule has 1 saturated heterocycles. The minimum atomic E-state index is -0.190. The van der Waals surface area contributed by atoms with Gasteiger partial charge < -0.3 is 9.47 Å². The van der Waals surface area contributed by atoms with Crippen molar-refractivity contribution in [1.29, 1.82) is 0 Å². The van der Waals surface area contributed by atoms with Gasteiger partial charge in [0, 0.05) is 29.8 Å². The number of hydrogen-bond acceptors (Lipinski definition) is 5. The quantitative estimate of drug-likeness (QED) is 0.795. The summed E-state index contributed by atoms with van der Waals surface area (Å²) in [6.07, 6.45) is 1.46. The first kappa shape index (κ1) is 14.9. The molecule has 0 saturated carbocycles. The number of nitrogens with zero attached hydrogens (tertiary/aromatic N) is 1. The highest BCUT2D eigenvalue weighted by Crippen LogP contribution is 2.37. The fourth-order valence-corrected chi connectivity index (χ4v) is 4.35. The molecular formula is C16H21NO3S. The van der Waals surface area contributed by atoms with Crippen LogP contribution in [-0.4, -0.2) is 55.6 Å². The van der Waals surface area contributed by atoms with Gasteiger partial charge in [-0.2, -0.15) is 0 Å². The highest BCUT2D eigenvalue weighted by atomic mass is 32.2. The molecule has 114 valence electrons. The van der Waals surface area contributed by atoms with Crippen molar-refractivity contribution in [2.45, 2.75) is 29.1 Å². The summed E-state index contributed by atoms with van der Waals surface area (Å²) >= 11 is 1.98. The van der Waals surface area contributed by atoms with Crippen LogP contribution in [0.3, 0.4) is 0 Å². The third-order valence-electron chi connectivity index (χ3n) is 4.02. The molecule has 0 radical (unpaired) electrons. The molecule has 0 N–H and O–H groups in total. The lowest BCUT2D eigenvalue weighted by Crippen LogP contribution is -2.45. The molecule has 2 aliphatic heterocycles. The Labute approximate surface area is 129 Å². The zero-order valence-corrected chi connectivity index (χ0v) is 13.1. The van der Waals surface area contributed by atoms with Crippen molar-refractivity contribution >= 4 is 17.7 Å². The van der Waals surface area contributed by atoms with Crippen LogP contribution in [0.4, 0.5) is 0 Å². The molecule has 0 spiro atoms. The van der Waals surface area contributed by atoms with Crippen LogP contribution in [-0.2, 0) is 20.7 Å². The number of benzene rings is 1. The maximum Gasteiger partial charge on any atom is 0.308 e. The number of carbonyl (C=O) groups is 1. The number of morpholine rings is 1. The second-order valence-electron chi connectivity index (χ2n) is 5.58. The summed E-state index contributed by atoms with van der Waals surface area (Å²) in [4.78, 5) is 15.2. The first-order valence-corrected chi connectivity index (χ1v) is 8.28. The molecular weight excluding hydrogens is 286 g/mol. The van der Waals surface area contributed by atoms with Crippen molar-refractivity contribution in [3.05, 3.63) is 29.8 Å². The lowest BCUT2D eigenvalue weighted by atomic mass is 10.1. The Morgan fingerprint density at radius 1 is 1.48 bits per heavy atom. The Morgan fingerprint density at radius 2 is 2.33 bits per heavy atom. The maximum atomic E-state index is 11.4. The van der Waals surface area contributed by atoms with E-state index in [0.717, 1.165) is 26.1 Å². The molecule has 2 aliphatic rings. The average molecular weight is 307 g/mol. The molecule has 2 atom stereocenters. The molecule has 1 fully saturated rings. The number of rotatable bonds is 4. The van der Waals surface area contributed by atoms with Crippen molar-refractivity contribution in [1.82, 2.24) is 4.90 Å². The SMILES string of the molecule is COC(=O)CC1CN(CC2Cc3ccccc3S2)CCO1. The van der Waals surface area contributed by atoms with Gasteiger partial charge in [0.25, 0.3) is 0 Å². The van der Waals surface area contributed by atoms with Crippen LogP contribution >= 0.6 is 11.8 Å². The van der Waals surface area contributed by atoms with Crippen molar-refractivity contribution < 1.29 is 14.3 Å².